The first-order chi connectivity index (χ1) is 38.2. The molecule has 11 aliphatic rings. The number of fused-ring (bicyclic) bond motifs is 5. The first-order valence-corrected chi connectivity index (χ1v) is 31.8. The average molecular weight is 1120 g/mol. The van der Waals surface area contributed by atoms with Crippen LogP contribution in [0.1, 0.15) is 162 Å². The van der Waals surface area contributed by atoms with Crippen molar-refractivity contribution in [2.75, 3.05) is 40.5 Å². The zero-order valence-electron chi connectivity index (χ0n) is 48.8. The van der Waals surface area contributed by atoms with Gasteiger partial charge in [0.2, 0.25) is 0 Å². The van der Waals surface area contributed by atoms with Crippen LogP contribution in [0.2, 0.25) is 0 Å². The van der Waals surface area contributed by atoms with Crippen LogP contribution in [0, 0.1) is 75.4 Å². The van der Waals surface area contributed by atoms with Crippen LogP contribution < -0.4 is 21.7 Å². The molecule has 0 aromatic heterocycles. The van der Waals surface area contributed by atoms with Gasteiger partial charge in [-0.3, -0.25) is 4.79 Å². The van der Waals surface area contributed by atoms with Crippen LogP contribution in [0.25, 0.3) is 0 Å². The molecule has 1 spiro atoms. The second kappa shape index (κ2) is 22.2. The number of ketones is 1. The minimum absolute atomic E-state index is 0.00622. The first kappa shape index (κ1) is 59.4. The van der Waals surface area contributed by atoms with Gasteiger partial charge in [0.25, 0.3) is 0 Å². The van der Waals surface area contributed by atoms with Crippen LogP contribution in [0.3, 0.4) is 0 Å². The molecule has 8 fully saturated rings. The van der Waals surface area contributed by atoms with Crippen LogP contribution in [0.4, 0.5) is 0 Å². The van der Waals surface area contributed by atoms with Gasteiger partial charge in [0.15, 0.2) is 5.78 Å². The lowest BCUT2D eigenvalue weighted by atomic mass is 9.33. The molecule has 0 amide bonds. The topological polar surface area (TPSA) is 280 Å². The van der Waals surface area contributed by atoms with E-state index in [9.17, 15) is 40.9 Å². The highest BCUT2D eigenvalue weighted by Crippen LogP contribution is 2.79. The van der Waals surface area contributed by atoms with Gasteiger partial charge in [0, 0.05) is 68.2 Å². The number of hydrogen-bond donors (Lipinski definition) is 13. The SMILES string of the molecule is CCCC1CCC2OC3C(C(O)CCCC3(O)C(C)(O)C3CCC4(O)C5=C(NCC(C)O)C(=O)C6C7CCC8C(C9=C(CCCO)NC(N)C=C9)C=CC(O)(CC34C3CCC(CCOC)(CNC)CC3)C5C86CC(O)C7O)C2CC1. The Morgan fingerprint density at radius 3 is 2.42 bits per heavy atom. The van der Waals surface area contributed by atoms with Crippen molar-refractivity contribution in [1.82, 2.24) is 16.0 Å². The van der Waals surface area contributed by atoms with Gasteiger partial charge in [-0.2, -0.15) is 0 Å². The number of rotatable bonds is 17. The van der Waals surface area contributed by atoms with Gasteiger partial charge in [0.05, 0.1) is 65.3 Å². The number of methoxy groups -OCH3 is 1. The van der Waals surface area contributed by atoms with Crippen molar-refractivity contribution in [3.8, 4) is 0 Å². The van der Waals surface area contributed by atoms with Gasteiger partial charge in [-0.15, -0.1) is 0 Å². The number of Topliss-reactive ketones (excluding diaryl/α,β-unsaturated/α-hetero) is 1. The number of carbonyl (C=O) groups is 1. The molecule has 0 radical (unpaired) electrons. The number of allylic oxidation sites excluding steroid dienone is 5. The van der Waals surface area contributed by atoms with Crippen molar-refractivity contribution < 1.29 is 60.2 Å². The Bertz CT molecular complexity index is 2400. The smallest absolute Gasteiger partial charge is 0.182 e. The number of hydrogen-bond acceptors (Lipinski definition) is 16. The predicted octanol–water partition coefficient (Wildman–Crippen LogP) is 4.53. The molecular formula is C64H102N4O12. The summed E-state index contributed by atoms with van der Waals surface area (Å²) in [7, 11) is 3.70. The van der Waals surface area contributed by atoms with Gasteiger partial charge >= 0.3 is 0 Å². The Kier molecular flexibility index (Phi) is 16.5. The minimum Gasteiger partial charge on any atom is -0.396 e. The summed E-state index contributed by atoms with van der Waals surface area (Å²) in [6.45, 7) is 6.88. The van der Waals surface area contributed by atoms with Gasteiger partial charge in [-0.25, -0.2) is 0 Å². The summed E-state index contributed by atoms with van der Waals surface area (Å²) in [6.07, 6.45) is 15.2. The molecule has 2 bridgehead atoms. The molecule has 16 heteroatoms. The Morgan fingerprint density at radius 2 is 1.71 bits per heavy atom. The monoisotopic (exact) mass is 1120 g/mol. The zero-order chi connectivity index (χ0) is 57.0. The van der Waals surface area contributed by atoms with Crippen LogP contribution in [0.5, 0.6) is 0 Å². The third-order valence-corrected chi connectivity index (χ3v) is 24.8. The number of dihydropyridines is 1. The Balaban J connectivity index is 1.14. The summed E-state index contributed by atoms with van der Waals surface area (Å²) in [4.78, 5) is 16.5. The zero-order valence-corrected chi connectivity index (χ0v) is 48.8. The molecular weight excluding hydrogens is 1020 g/mol. The fraction of sp³-hybridized carbons (Fsp3) is 0.859. The van der Waals surface area contributed by atoms with Crippen molar-refractivity contribution >= 4 is 5.78 Å². The van der Waals surface area contributed by atoms with Gasteiger partial charge in [0.1, 0.15) is 5.60 Å². The molecule has 80 heavy (non-hydrogen) atoms. The van der Waals surface area contributed by atoms with Gasteiger partial charge in [-0.1, -0.05) is 44.4 Å². The van der Waals surface area contributed by atoms with Gasteiger partial charge < -0.3 is 77.1 Å². The maximum absolute atomic E-state index is 16.5. The Hall–Kier alpha value is -2.29. The maximum atomic E-state index is 16.5. The van der Waals surface area contributed by atoms with Crippen molar-refractivity contribution in [2.45, 2.75) is 227 Å². The second-order valence-corrected chi connectivity index (χ2v) is 28.6. The van der Waals surface area contributed by atoms with E-state index in [4.69, 9.17) is 15.2 Å². The largest absolute Gasteiger partial charge is 0.396 e. The molecule has 22 unspecified atom stereocenters. The van der Waals surface area contributed by atoms with E-state index < -0.39 is 105 Å². The van der Waals surface area contributed by atoms with Crippen molar-refractivity contribution in [1.29, 1.82) is 0 Å². The molecule has 16 nitrogen and oxygen atoms in total. The van der Waals surface area contributed by atoms with E-state index >= 15 is 9.90 Å². The summed E-state index contributed by atoms with van der Waals surface area (Å²) < 4.78 is 12.9. The van der Waals surface area contributed by atoms with E-state index in [0.29, 0.717) is 69.5 Å². The highest BCUT2D eigenvalue weighted by Gasteiger charge is 2.82. The summed E-state index contributed by atoms with van der Waals surface area (Å²) >= 11 is 0. The molecule has 14 N–H and O–H groups in total. The van der Waals surface area contributed by atoms with E-state index in [1.54, 1.807) is 21.0 Å². The molecule has 2 aliphatic heterocycles. The summed E-state index contributed by atoms with van der Waals surface area (Å²) in [6, 6.07) is 0. The molecule has 2 heterocycles. The fourth-order valence-electron chi connectivity index (χ4n) is 21.6. The Labute approximate surface area is 475 Å². The lowest BCUT2D eigenvalue weighted by Crippen LogP contribution is -2.76. The molecule has 7 saturated carbocycles. The van der Waals surface area contributed by atoms with Crippen LogP contribution in [0.15, 0.2) is 46.8 Å². The predicted molar refractivity (Wildman–Crippen MR) is 303 cm³/mol. The third-order valence-electron chi connectivity index (χ3n) is 24.8. The standard InChI is InChI=1S/C64H102N4O12/c1-6-9-37-12-14-41-47(18-13-37)80-57-50(41)45(71)11-7-24-64(57,78)58(3,75)48-23-28-63(77)52-53(67-33-36(2)70)55(74)51-42-15-17-43-39(40-16-19-49(65)68-44(40)10-8-30-69)22-27-60(76,56(52)61(43,51)32-46(72)54(42)73)34-62(48,63)38-20-25-59(26-21-38,35-66-4)29-31-79-5/h16,19,22,27,36-39,41-43,45-51,54,56-57,66-73,75-78H,6-15,17-18,20-21,23-26,28-35,65H2,1-5H3. The van der Waals surface area contributed by atoms with E-state index in [0.717, 1.165) is 75.6 Å². The van der Waals surface area contributed by atoms with E-state index in [-0.39, 0.29) is 86.0 Å². The quantitative estimate of drug-likeness (QED) is 0.0892. The normalized spacial score (nSPS) is 48.9. The van der Waals surface area contributed by atoms with Crippen LogP contribution in [-0.2, 0) is 14.3 Å². The lowest BCUT2D eigenvalue weighted by Gasteiger charge is -2.72. The molecule has 9 aliphatic carbocycles. The lowest BCUT2D eigenvalue weighted by molar-refractivity contribution is -0.283. The maximum Gasteiger partial charge on any atom is 0.182 e. The fourth-order valence-corrected chi connectivity index (χ4v) is 21.6. The number of nitrogens with two attached hydrogens (primary N) is 1. The highest BCUT2D eigenvalue weighted by atomic mass is 16.5. The van der Waals surface area contributed by atoms with Crippen LogP contribution >= 0.6 is 0 Å². The Morgan fingerprint density at radius 1 is 0.963 bits per heavy atom. The molecule has 450 valence electrons. The summed E-state index contributed by atoms with van der Waals surface area (Å²) in [5.41, 5.74) is -1.51. The van der Waals surface area contributed by atoms with Crippen molar-refractivity contribution in [2.24, 2.45) is 81.2 Å². The van der Waals surface area contributed by atoms with E-state index in [1.807, 2.05) is 25.3 Å². The molecule has 0 aromatic rings. The number of ether oxygens (including phenoxy) is 2. The minimum atomic E-state index is -1.98. The number of nitrogens with one attached hydrogen (secondary N) is 3. The second-order valence-electron chi connectivity index (χ2n) is 28.6. The third kappa shape index (κ3) is 9.00. The van der Waals surface area contributed by atoms with Gasteiger partial charge in [-0.05, 0) is 206 Å². The van der Waals surface area contributed by atoms with Crippen molar-refractivity contribution in [3.63, 3.8) is 0 Å². The molecule has 11 rings (SSSR count). The first-order valence-electron chi connectivity index (χ1n) is 31.8. The number of carbonyl (C=O) groups excluding carboxylic acids is 1. The average Bonchev–Trinajstić information content (AvgIpc) is 3.95. The van der Waals surface area contributed by atoms with E-state index in [2.05, 4.69) is 29.0 Å². The van der Waals surface area contributed by atoms with Crippen LogP contribution in [-0.4, -0.2) is 157 Å². The van der Waals surface area contributed by atoms with E-state index in [1.165, 1.54) is 0 Å². The van der Waals surface area contributed by atoms with Crippen molar-refractivity contribution in [3.05, 3.63) is 46.8 Å². The summed E-state index contributed by atoms with van der Waals surface area (Å²) in [5.74, 6) is -4.67. The highest BCUT2D eigenvalue weighted by molar-refractivity contribution is 6.00. The number of aliphatic hydroxyl groups excluding tert-OH is 5. The number of aliphatic hydroxyl groups is 9. The molecule has 1 saturated heterocycles. The molecule has 22 atom stereocenters. The molecule has 0 aromatic carbocycles. The summed E-state index contributed by atoms with van der Waals surface area (Å²) in [5, 5.41) is 127.